The number of aromatic nitrogens is 2. The van der Waals surface area contributed by atoms with Gasteiger partial charge in [0.15, 0.2) is 5.76 Å². The molecule has 1 atom stereocenters. The normalized spacial score (nSPS) is 17.4. The van der Waals surface area contributed by atoms with E-state index < -0.39 is 0 Å². The third-order valence-electron chi connectivity index (χ3n) is 4.11. The molecule has 1 amide bonds. The average molecular weight is 345 g/mol. The van der Waals surface area contributed by atoms with Crippen molar-refractivity contribution < 1.29 is 18.8 Å². The minimum Gasteiger partial charge on any atom is -0.376 e. The van der Waals surface area contributed by atoms with Crippen LogP contribution in [0.15, 0.2) is 35.0 Å². The van der Waals surface area contributed by atoms with Crippen LogP contribution in [0, 0.1) is 0 Å². The highest BCUT2D eigenvalue weighted by atomic mass is 16.5. The van der Waals surface area contributed by atoms with Crippen molar-refractivity contribution in [1.82, 2.24) is 15.0 Å². The number of ether oxygens (including phenoxy) is 2. The van der Waals surface area contributed by atoms with Gasteiger partial charge in [0, 0.05) is 25.9 Å². The summed E-state index contributed by atoms with van der Waals surface area (Å²) in [6, 6.07) is 7.38. The molecule has 2 aromatic rings. The van der Waals surface area contributed by atoms with Gasteiger partial charge in [-0.15, -0.1) is 0 Å². The lowest BCUT2D eigenvalue weighted by molar-refractivity contribution is -0.137. The van der Waals surface area contributed by atoms with Crippen LogP contribution in [-0.4, -0.2) is 53.9 Å². The predicted octanol–water partition coefficient (Wildman–Crippen LogP) is 2.28. The number of rotatable bonds is 7. The van der Waals surface area contributed by atoms with E-state index in [-0.39, 0.29) is 18.6 Å². The molecule has 1 aliphatic rings. The summed E-state index contributed by atoms with van der Waals surface area (Å²) in [5, 5.41) is 4.00. The van der Waals surface area contributed by atoms with Crippen LogP contribution in [0.2, 0.25) is 0 Å². The molecule has 0 aliphatic carbocycles. The Morgan fingerprint density at radius 2 is 2.28 bits per heavy atom. The first kappa shape index (κ1) is 17.6. The fourth-order valence-corrected chi connectivity index (χ4v) is 2.67. The van der Waals surface area contributed by atoms with Crippen molar-refractivity contribution in [3.63, 3.8) is 0 Å². The molecule has 3 heterocycles. The minimum absolute atomic E-state index is 0.0393. The second kappa shape index (κ2) is 8.73. The molecular formula is C18H23N3O4. The molecule has 0 radical (unpaired) electrons. The van der Waals surface area contributed by atoms with Gasteiger partial charge in [-0.05, 0) is 31.4 Å². The van der Waals surface area contributed by atoms with Gasteiger partial charge >= 0.3 is 0 Å². The van der Waals surface area contributed by atoms with Crippen LogP contribution in [-0.2, 0) is 20.8 Å². The quantitative estimate of drug-likeness (QED) is 0.766. The van der Waals surface area contributed by atoms with Gasteiger partial charge in [0.05, 0.1) is 24.9 Å². The van der Waals surface area contributed by atoms with Gasteiger partial charge in [-0.25, -0.2) is 0 Å². The molecule has 7 heteroatoms. The van der Waals surface area contributed by atoms with E-state index in [4.69, 9.17) is 14.0 Å². The van der Waals surface area contributed by atoms with E-state index in [1.54, 1.807) is 24.2 Å². The Bertz CT molecular complexity index is 668. The van der Waals surface area contributed by atoms with Crippen molar-refractivity contribution in [2.75, 3.05) is 26.9 Å². The van der Waals surface area contributed by atoms with E-state index in [1.165, 1.54) is 0 Å². The molecule has 2 aromatic heterocycles. The summed E-state index contributed by atoms with van der Waals surface area (Å²) in [5.41, 5.74) is 1.39. The van der Waals surface area contributed by atoms with Gasteiger partial charge < -0.3 is 18.9 Å². The van der Waals surface area contributed by atoms with Crippen LogP contribution < -0.4 is 0 Å². The highest BCUT2D eigenvalue weighted by Gasteiger charge is 2.17. The second-order valence-corrected chi connectivity index (χ2v) is 6.15. The Morgan fingerprint density at radius 3 is 3.04 bits per heavy atom. The maximum atomic E-state index is 12.2. The zero-order valence-electron chi connectivity index (χ0n) is 14.4. The zero-order valence-corrected chi connectivity index (χ0v) is 14.4. The molecule has 0 bridgehead atoms. The van der Waals surface area contributed by atoms with Crippen molar-refractivity contribution in [3.05, 3.63) is 36.2 Å². The number of carbonyl (C=O) groups excluding carboxylic acids is 1. The molecular weight excluding hydrogens is 322 g/mol. The Labute approximate surface area is 146 Å². The number of likely N-dealkylation sites (N-methyl/N-ethyl adjacent to an activating group) is 1. The highest BCUT2D eigenvalue weighted by Crippen LogP contribution is 2.17. The van der Waals surface area contributed by atoms with Crippen LogP contribution in [0.1, 0.15) is 25.0 Å². The van der Waals surface area contributed by atoms with E-state index in [0.29, 0.717) is 24.6 Å². The molecule has 1 aliphatic heterocycles. The summed E-state index contributed by atoms with van der Waals surface area (Å²) in [7, 11) is 1.71. The van der Waals surface area contributed by atoms with Gasteiger partial charge in [0.25, 0.3) is 0 Å². The maximum absolute atomic E-state index is 12.2. The first-order valence-electron chi connectivity index (χ1n) is 8.52. The van der Waals surface area contributed by atoms with E-state index in [2.05, 4.69) is 10.1 Å². The van der Waals surface area contributed by atoms with E-state index in [0.717, 1.165) is 31.6 Å². The topological polar surface area (TPSA) is 77.7 Å². The third-order valence-corrected chi connectivity index (χ3v) is 4.11. The van der Waals surface area contributed by atoms with Crippen molar-refractivity contribution in [3.8, 4) is 11.4 Å². The zero-order chi connectivity index (χ0) is 17.5. The molecule has 7 nitrogen and oxygen atoms in total. The van der Waals surface area contributed by atoms with Crippen LogP contribution >= 0.6 is 0 Å². The van der Waals surface area contributed by atoms with Crippen LogP contribution in [0.4, 0.5) is 0 Å². The summed E-state index contributed by atoms with van der Waals surface area (Å²) in [6.07, 6.45) is 5.08. The van der Waals surface area contributed by atoms with Crippen LogP contribution in [0.3, 0.4) is 0 Å². The van der Waals surface area contributed by atoms with E-state index >= 15 is 0 Å². The number of hydrogen-bond acceptors (Lipinski definition) is 6. The second-order valence-electron chi connectivity index (χ2n) is 6.15. The van der Waals surface area contributed by atoms with E-state index in [1.807, 2.05) is 18.2 Å². The Hall–Kier alpha value is -2.25. The summed E-state index contributed by atoms with van der Waals surface area (Å²) < 4.78 is 16.4. The van der Waals surface area contributed by atoms with Crippen molar-refractivity contribution >= 4 is 5.91 Å². The van der Waals surface area contributed by atoms with Gasteiger partial charge in [-0.1, -0.05) is 11.2 Å². The molecule has 0 unspecified atom stereocenters. The average Bonchev–Trinajstić information content (AvgIpc) is 3.12. The van der Waals surface area contributed by atoms with Gasteiger partial charge in [0.1, 0.15) is 12.3 Å². The Morgan fingerprint density at radius 1 is 1.36 bits per heavy atom. The number of pyridine rings is 1. The number of amides is 1. The highest BCUT2D eigenvalue weighted by molar-refractivity contribution is 5.77. The molecule has 0 saturated carbocycles. The summed E-state index contributed by atoms with van der Waals surface area (Å²) in [6.45, 7) is 1.62. The monoisotopic (exact) mass is 345 g/mol. The van der Waals surface area contributed by atoms with Crippen molar-refractivity contribution in [1.29, 1.82) is 0 Å². The molecule has 3 rings (SSSR count). The molecule has 0 aromatic carbocycles. The molecule has 0 spiro atoms. The predicted molar refractivity (Wildman–Crippen MR) is 90.6 cm³/mol. The molecule has 0 N–H and O–H groups in total. The lowest BCUT2D eigenvalue weighted by atomic mass is 10.1. The maximum Gasteiger partial charge on any atom is 0.248 e. The summed E-state index contributed by atoms with van der Waals surface area (Å²) in [4.78, 5) is 17.9. The first-order chi connectivity index (χ1) is 12.2. The first-order valence-corrected chi connectivity index (χ1v) is 8.52. The lowest BCUT2D eigenvalue weighted by Gasteiger charge is -2.22. The fraction of sp³-hybridized carbons (Fsp3) is 0.500. The minimum atomic E-state index is -0.105. The van der Waals surface area contributed by atoms with Gasteiger partial charge in [0.2, 0.25) is 5.91 Å². The Balaban J connectivity index is 1.44. The molecule has 1 fully saturated rings. The van der Waals surface area contributed by atoms with Crippen LogP contribution in [0.25, 0.3) is 11.4 Å². The third kappa shape index (κ3) is 5.11. The summed E-state index contributed by atoms with van der Waals surface area (Å²) >= 11 is 0. The largest absolute Gasteiger partial charge is 0.376 e. The lowest BCUT2D eigenvalue weighted by Crippen LogP contribution is -2.32. The SMILES string of the molecule is CN(Cc1cc(-c2ccccn2)no1)C(=O)COC[C@@H]1CCCCO1. The number of carbonyl (C=O) groups is 1. The molecule has 134 valence electrons. The van der Waals surface area contributed by atoms with Crippen molar-refractivity contribution in [2.45, 2.75) is 31.9 Å². The smallest absolute Gasteiger partial charge is 0.248 e. The summed E-state index contributed by atoms with van der Waals surface area (Å²) in [5.74, 6) is 0.499. The fourth-order valence-electron chi connectivity index (χ4n) is 2.67. The van der Waals surface area contributed by atoms with Gasteiger partial charge in [-0.2, -0.15) is 0 Å². The van der Waals surface area contributed by atoms with Crippen LogP contribution in [0.5, 0.6) is 0 Å². The Kier molecular flexibility index (Phi) is 6.14. The number of hydrogen-bond donors (Lipinski definition) is 0. The molecule has 1 saturated heterocycles. The molecule has 25 heavy (non-hydrogen) atoms. The van der Waals surface area contributed by atoms with Gasteiger partial charge in [-0.3, -0.25) is 9.78 Å². The van der Waals surface area contributed by atoms with Crippen molar-refractivity contribution in [2.24, 2.45) is 0 Å². The number of nitrogens with zero attached hydrogens (tertiary/aromatic N) is 3. The standard InChI is InChI=1S/C18H23N3O4/c1-21(18(22)13-23-12-14-6-3-5-9-24-14)11-15-10-17(20-25-15)16-7-2-4-8-19-16/h2,4,7-8,10,14H,3,5-6,9,11-13H2,1H3/t14-/m0/s1. The van der Waals surface area contributed by atoms with E-state index in [9.17, 15) is 4.79 Å².